The molecule has 0 N–H and O–H groups in total. The van der Waals surface area contributed by atoms with Gasteiger partial charge in [-0.05, 0) is 25.1 Å². The van der Waals surface area contributed by atoms with Crippen molar-refractivity contribution in [3.63, 3.8) is 0 Å². The molecule has 0 aliphatic heterocycles. The van der Waals surface area contributed by atoms with E-state index < -0.39 is 0 Å². The van der Waals surface area contributed by atoms with E-state index in [1.165, 1.54) is 15.9 Å². The van der Waals surface area contributed by atoms with Crippen molar-refractivity contribution in [2.24, 2.45) is 0 Å². The van der Waals surface area contributed by atoms with Gasteiger partial charge in [0.05, 0.1) is 11.8 Å². The molecule has 0 bridgehead atoms. The summed E-state index contributed by atoms with van der Waals surface area (Å²) in [5.74, 6) is 2.57. The molecule has 0 atom stereocenters. The summed E-state index contributed by atoms with van der Waals surface area (Å²) in [7, 11) is 0. The van der Waals surface area contributed by atoms with Gasteiger partial charge in [0, 0.05) is 11.6 Å². The van der Waals surface area contributed by atoms with Gasteiger partial charge in [-0.25, -0.2) is 0 Å². The summed E-state index contributed by atoms with van der Waals surface area (Å²) in [6.07, 6.45) is 3.30. The number of nitrogens with zero attached hydrogens (tertiary/aromatic N) is 3. The fourth-order valence-electron chi connectivity index (χ4n) is 2.88. The van der Waals surface area contributed by atoms with Gasteiger partial charge < -0.3 is 8.83 Å². The van der Waals surface area contributed by atoms with Gasteiger partial charge in [0.2, 0.25) is 4.96 Å². The Hall–Kier alpha value is -3.45. The summed E-state index contributed by atoms with van der Waals surface area (Å²) >= 11 is 1.28. The molecule has 1 aromatic carbocycles. The van der Waals surface area contributed by atoms with Crippen LogP contribution in [0.4, 0.5) is 0 Å². The predicted molar refractivity (Wildman–Crippen MR) is 103 cm³/mol. The van der Waals surface area contributed by atoms with Gasteiger partial charge >= 0.3 is 0 Å². The maximum Gasteiger partial charge on any atom is 0.291 e. The number of benzene rings is 1. The lowest BCUT2D eigenvalue weighted by Gasteiger charge is -1.94. The van der Waals surface area contributed by atoms with Crippen molar-refractivity contribution in [2.75, 3.05) is 0 Å². The van der Waals surface area contributed by atoms with Gasteiger partial charge in [-0.15, -0.1) is 5.10 Å². The number of thiazole rings is 1. The molecular formula is C20H13N3O3S. The van der Waals surface area contributed by atoms with Crippen LogP contribution in [0.15, 0.2) is 68.4 Å². The third kappa shape index (κ3) is 2.69. The molecule has 0 spiro atoms. The molecule has 0 amide bonds. The number of aryl methyl sites for hydroxylation is 1. The Labute approximate surface area is 157 Å². The fraction of sp³-hybridized carbons (Fsp3) is 0.0500. The first-order chi connectivity index (χ1) is 13.2. The molecule has 0 saturated heterocycles. The molecule has 0 aliphatic carbocycles. The predicted octanol–water partition coefficient (Wildman–Crippen LogP) is 3.53. The van der Waals surface area contributed by atoms with Crippen molar-refractivity contribution < 1.29 is 8.83 Å². The molecule has 27 heavy (non-hydrogen) atoms. The maximum atomic E-state index is 12.7. The Balaban J connectivity index is 1.55. The quantitative estimate of drug-likeness (QED) is 0.482. The van der Waals surface area contributed by atoms with E-state index in [1.54, 1.807) is 18.4 Å². The second-order valence-corrected chi connectivity index (χ2v) is 7.01. The second-order valence-electron chi connectivity index (χ2n) is 6.00. The van der Waals surface area contributed by atoms with E-state index in [0.29, 0.717) is 21.1 Å². The average molecular weight is 375 g/mol. The summed E-state index contributed by atoms with van der Waals surface area (Å²) in [6.45, 7) is 1.84. The molecule has 6 nitrogen and oxygen atoms in total. The molecule has 5 rings (SSSR count). The molecule has 5 aromatic rings. The molecule has 4 aromatic heterocycles. The molecule has 0 aliphatic rings. The third-order valence-electron chi connectivity index (χ3n) is 4.24. The average Bonchev–Trinajstić information content (AvgIpc) is 3.44. The maximum absolute atomic E-state index is 12.7. The van der Waals surface area contributed by atoms with Crippen LogP contribution in [0.5, 0.6) is 0 Å². The van der Waals surface area contributed by atoms with Crippen molar-refractivity contribution >= 4 is 22.4 Å². The zero-order chi connectivity index (χ0) is 18.4. The highest BCUT2D eigenvalue weighted by Crippen LogP contribution is 2.23. The molecule has 0 unspecified atom stereocenters. The van der Waals surface area contributed by atoms with E-state index in [9.17, 15) is 4.79 Å². The minimum Gasteiger partial charge on any atom is -0.469 e. The van der Waals surface area contributed by atoms with Crippen molar-refractivity contribution in [2.45, 2.75) is 6.92 Å². The number of rotatable bonds is 3. The topological polar surface area (TPSA) is 73.5 Å². The largest absolute Gasteiger partial charge is 0.469 e. The fourth-order valence-corrected chi connectivity index (χ4v) is 3.77. The monoisotopic (exact) mass is 375 g/mol. The van der Waals surface area contributed by atoms with Crippen LogP contribution in [0, 0.1) is 6.92 Å². The molecule has 132 valence electrons. The Morgan fingerprint density at radius 3 is 2.70 bits per heavy atom. The number of hydrogen-bond donors (Lipinski definition) is 0. The van der Waals surface area contributed by atoms with E-state index in [0.717, 1.165) is 22.6 Å². The van der Waals surface area contributed by atoms with Crippen molar-refractivity contribution in [3.05, 3.63) is 81.2 Å². The van der Waals surface area contributed by atoms with Crippen LogP contribution in [0.25, 0.3) is 33.7 Å². The van der Waals surface area contributed by atoms with E-state index in [2.05, 4.69) is 10.1 Å². The van der Waals surface area contributed by atoms with E-state index in [4.69, 9.17) is 8.83 Å². The van der Waals surface area contributed by atoms with Crippen LogP contribution in [-0.2, 0) is 0 Å². The highest BCUT2D eigenvalue weighted by Gasteiger charge is 2.15. The lowest BCUT2D eigenvalue weighted by Crippen LogP contribution is -2.23. The molecular weight excluding hydrogens is 362 g/mol. The summed E-state index contributed by atoms with van der Waals surface area (Å²) in [5, 5.41) is 4.32. The van der Waals surface area contributed by atoms with Crippen LogP contribution in [0.2, 0.25) is 0 Å². The summed E-state index contributed by atoms with van der Waals surface area (Å²) in [4.78, 5) is 17.6. The van der Waals surface area contributed by atoms with Crippen LogP contribution >= 0.6 is 11.3 Å². The number of hydrogen-bond acceptors (Lipinski definition) is 6. The highest BCUT2D eigenvalue weighted by molar-refractivity contribution is 7.15. The van der Waals surface area contributed by atoms with Crippen LogP contribution in [0.3, 0.4) is 0 Å². The second kappa shape index (κ2) is 6.07. The summed E-state index contributed by atoms with van der Waals surface area (Å²) < 4.78 is 13.0. The first-order valence-corrected chi connectivity index (χ1v) is 9.12. The van der Waals surface area contributed by atoms with Crippen LogP contribution in [-0.4, -0.2) is 14.6 Å². The van der Waals surface area contributed by atoms with E-state index in [1.807, 2.05) is 49.4 Å². The standard InChI is InChI=1S/C20H13N3O3S/c1-12-15(9-10-25-12)18-21-20-23(22-18)19(24)17(27-20)11-14-7-8-16(26-14)13-5-3-2-4-6-13/h2-11H,1H3. The Morgan fingerprint density at radius 2 is 1.96 bits per heavy atom. The van der Waals surface area contributed by atoms with Crippen molar-refractivity contribution in [3.8, 4) is 22.7 Å². The van der Waals surface area contributed by atoms with Crippen molar-refractivity contribution in [1.29, 1.82) is 0 Å². The van der Waals surface area contributed by atoms with Gasteiger partial charge in [0.15, 0.2) is 5.82 Å². The Bertz CT molecular complexity index is 1360. The number of fused-ring (bicyclic) bond motifs is 1. The summed E-state index contributed by atoms with van der Waals surface area (Å²) in [5.41, 5.74) is 1.56. The molecule has 7 heteroatoms. The van der Waals surface area contributed by atoms with Gasteiger partial charge in [0.25, 0.3) is 5.56 Å². The molecule has 4 heterocycles. The highest BCUT2D eigenvalue weighted by atomic mass is 32.1. The molecule has 0 fully saturated rings. The van der Waals surface area contributed by atoms with Crippen LogP contribution in [0.1, 0.15) is 11.5 Å². The minimum atomic E-state index is -0.215. The first kappa shape index (κ1) is 15.8. The zero-order valence-corrected chi connectivity index (χ0v) is 15.1. The lowest BCUT2D eigenvalue weighted by atomic mass is 10.2. The Kier molecular flexibility index (Phi) is 3.54. The van der Waals surface area contributed by atoms with E-state index >= 15 is 0 Å². The van der Waals surface area contributed by atoms with Gasteiger partial charge in [-0.3, -0.25) is 4.79 Å². The van der Waals surface area contributed by atoms with E-state index in [-0.39, 0.29) is 5.56 Å². The third-order valence-corrected chi connectivity index (χ3v) is 5.20. The number of furan rings is 2. The first-order valence-electron chi connectivity index (χ1n) is 8.30. The summed E-state index contributed by atoms with van der Waals surface area (Å²) in [6, 6.07) is 15.3. The normalized spacial score (nSPS) is 12.3. The van der Waals surface area contributed by atoms with Crippen molar-refractivity contribution in [1.82, 2.24) is 14.6 Å². The molecule has 0 saturated carbocycles. The minimum absolute atomic E-state index is 0.215. The number of aromatic nitrogens is 3. The van der Waals surface area contributed by atoms with Gasteiger partial charge in [0.1, 0.15) is 21.8 Å². The smallest absolute Gasteiger partial charge is 0.291 e. The van der Waals surface area contributed by atoms with Gasteiger partial charge in [-0.2, -0.15) is 9.50 Å². The van der Waals surface area contributed by atoms with Gasteiger partial charge in [-0.1, -0.05) is 41.7 Å². The molecule has 0 radical (unpaired) electrons. The lowest BCUT2D eigenvalue weighted by molar-refractivity contribution is 0.535. The SMILES string of the molecule is Cc1occc1-c1nc2sc(=Cc3ccc(-c4ccccc4)o3)c(=O)n2n1. The zero-order valence-electron chi connectivity index (χ0n) is 14.2. The Morgan fingerprint density at radius 1 is 1.11 bits per heavy atom. The van der Waals surface area contributed by atoms with Crippen LogP contribution < -0.4 is 10.1 Å².